The number of carbonyl (C=O) groups excluding carboxylic acids is 1. The zero-order valence-corrected chi connectivity index (χ0v) is 15.5. The first-order valence-electron chi connectivity index (χ1n) is 6.84. The predicted octanol–water partition coefficient (Wildman–Crippen LogP) is 5.31. The standard InChI is InChI=1S/C16H8Cl2N2O3S2/c17-12-6-5-11(8-13(12)18)19-15(21)14(25-16(19)24)7-9-1-3-10(4-2-9)20(22)23/h1-8H/b14-7-. The Kier molecular flexibility index (Phi) is 5.10. The fourth-order valence-electron chi connectivity index (χ4n) is 2.16. The van der Waals surface area contributed by atoms with E-state index in [0.717, 1.165) is 11.8 Å². The second kappa shape index (κ2) is 7.13. The number of carbonyl (C=O) groups is 1. The largest absolute Gasteiger partial charge is 0.270 e. The zero-order chi connectivity index (χ0) is 18.1. The highest BCUT2D eigenvalue weighted by atomic mass is 35.5. The molecule has 0 bridgehead atoms. The van der Waals surface area contributed by atoms with Crippen LogP contribution in [0.4, 0.5) is 11.4 Å². The number of hydrogen-bond acceptors (Lipinski definition) is 5. The van der Waals surface area contributed by atoms with Crippen LogP contribution in [0.25, 0.3) is 6.08 Å². The summed E-state index contributed by atoms with van der Waals surface area (Å²) < 4.78 is 0.372. The lowest BCUT2D eigenvalue weighted by atomic mass is 10.2. The number of nitrogens with zero attached hydrogens (tertiary/aromatic N) is 2. The summed E-state index contributed by atoms with van der Waals surface area (Å²) in [6.45, 7) is 0. The van der Waals surface area contributed by atoms with Crippen molar-refractivity contribution in [2.45, 2.75) is 0 Å². The molecule has 1 amide bonds. The van der Waals surface area contributed by atoms with Crippen LogP contribution in [0.3, 0.4) is 0 Å². The molecule has 0 aliphatic carbocycles. The normalized spacial score (nSPS) is 15.9. The van der Waals surface area contributed by atoms with E-state index in [1.165, 1.54) is 17.0 Å². The molecule has 0 unspecified atom stereocenters. The van der Waals surface area contributed by atoms with Crippen molar-refractivity contribution in [3.63, 3.8) is 0 Å². The van der Waals surface area contributed by atoms with Gasteiger partial charge in [-0.25, -0.2) is 0 Å². The molecule has 1 fully saturated rings. The predicted molar refractivity (Wildman–Crippen MR) is 105 cm³/mol. The van der Waals surface area contributed by atoms with Crippen molar-refractivity contribution in [3.8, 4) is 0 Å². The van der Waals surface area contributed by atoms with E-state index in [1.807, 2.05) is 0 Å². The van der Waals surface area contributed by atoms with Crippen molar-refractivity contribution in [2.24, 2.45) is 0 Å². The SMILES string of the molecule is O=C1/C(=C/c2ccc([N+](=O)[O-])cc2)SC(=S)N1c1ccc(Cl)c(Cl)c1. The van der Waals surface area contributed by atoms with E-state index in [2.05, 4.69) is 0 Å². The van der Waals surface area contributed by atoms with Crippen molar-refractivity contribution in [1.29, 1.82) is 0 Å². The maximum atomic E-state index is 12.7. The molecule has 0 spiro atoms. The fraction of sp³-hybridized carbons (Fsp3) is 0. The van der Waals surface area contributed by atoms with Crippen molar-refractivity contribution < 1.29 is 9.72 Å². The Hall–Kier alpha value is -1.93. The summed E-state index contributed by atoms with van der Waals surface area (Å²) >= 11 is 18.3. The van der Waals surface area contributed by atoms with Crippen LogP contribution in [0.5, 0.6) is 0 Å². The molecule has 3 rings (SSSR count). The number of rotatable bonds is 3. The molecule has 0 atom stereocenters. The van der Waals surface area contributed by atoms with Gasteiger partial charge in [0.15, 0.2) is 4.32 Å². The zero-order valence-electron chi connectivity index (χ0n) is 12.3. The van der Waals surface area contributed by atoms with Gasteiger partial charge >= 0.3 is 0 Å². The van der Waals surface area contributed by atoms with Crippen LogP contribution < -0.4 is 4.90 Å². The first-order valence-corrected chi connectivity index (χ1v) is 8.82. The first kappa shape index (κ1) is 17.9. The number of non-ortho nitro benzene ring substituents is 1. The van der Waals surface area contributed by atoms with Gasteiger partial charge in [0.05, 0.1) is 25.6 Å². The molecule has 0 N–H and O–H groups in total. The summed E-state index contributed by atoms with van der Waals surface area (Å²) in [4.78, 5) is 24.7. The number of nitro benzene ring substituents is 1. The third-order valence-corrected chi connectivity index (χ3v) is 5.40. The highest BCUT2D eigenvalue weighted by molar-refractivity contribution is 8.27. The molecule has 1 aliphatic rings. The molecular weight excluding hydrogens is 403 g/mol. The molecule has 25 heavy (non-hydrogen) atoms. The molecule has 5 nitrogen and oxygen atoms in total. The summed E-state index contributed by atoms with van der Waals surface area (Å²) in [5, 5.41) is 11.4. The van der Waals surface area contributed by atoms with Gasteiger partial charge in [0.2, 0.25) is 0 Å². The van der Waals surface area contributed by atoms with Crippen LogP contribution in [-0.2, 0) is 4.79 Å². The van der Waals surface area contributed by atoms with E-state index in [0.29, 0.717) is 30.5 Å². The number of thiocarbonyl (C=S) groups is 1. The average Bonchev–Trinajstić information content (AvgIpc) is 2.85. The van der Waals surface area contributed by atoms with Gasteiger partial charge in [-0.15, -0.1) is 0 Å². The maximum Gasteiger partial charge on any atom is 0.270 e. The highest BCUT2D eigenvalue weighted by Crippen LogP contribution is 2.38. The number of amides is 1. The molecule has 126 valence electrons. The Balaban J connectivity index is 1.90. The summed E-state index contributed by atoms with van der Waals surface area (Å²) in [7, 11) is 0. The molecule has 2 aromatic carbocycles. The molecule has 0 saturated carbocycles. The summed E-state index contributed by atoms with van der Waals surface area (Å²) in [5.74, 6) is -0.285. The first-order chi connectivity index (χ1) is 11.9. The van der Waals surface area contributed by atoms with E-state index in [1.54, 1.807) is 36.4 Å². The van der Waals surface area contributed by atoms with Crippen LogP contribution in [0.2, 0.25) is 10.0 Å². The Morgan fingerprint density at radius 3 is 2.40 bits per heavy atom. The lowest BCUT2D eigenvalue weighted by Crippen LogP contribution is -2.27. The quantitative estimate of drug-likeness (QED) is 0.297. The van der Waals surface area contributed by atoms with Gasteiger partial charge in [-0.2, -0.15) is 0 Å². The van der Waals surface area contributed by atoms with Crippen molar-refractivity contribution in [2.75, 3.05) is 4.90 Å². The Morgan fingerprint density at radius 1 is 1.12 bits per heavy atom. The summed E-state index contributed by atoms with van der Waals surface area (Å²) in [6.07, 6.45) is 1.64. The number of thioether (sulfide) groups is 1. The minimum Gasteiger partial charge on any atom is -0.268 e. The third kappa shape index (κ3) is 3.69. The van der Waals surface area contributed by atoms with Crippen molar-refractivity contribution in [3.05, 3.63) is 73.1 Å². The highest BCUT2D eigenvalue weighted by Gasteiger charge is 2.33. The molecule has 1 saturated heterocycles. The van der Waals surface area contributed by atoms with Crippen LogP contribution in [0, 0.1) is 10.1 Å². The number of nitro groups is 1. The second-order valence-corrected chi connectivity index (χ2v) is 7.45. The topological polar surface area (TPSA) is 63.4 Å². The van der Waals surface area contributed by atoms with Crippen molar-refractivity contribution in [1.82, 2.24) is 0 Å². The number of anilines is 1. The number of benzene rings is 2. The van der Waals surface area contributed by atoms with Gasteiger partial charge in [0.25, 0.3) is 11.6 Å². The van der Waals surface area contributed by atoms with E-state index in [9.17, 15) is 14.9 Å². The lowest BCUT2D eigenvalue weighted by molar-refractivity contribution is -0.384. The van der Waals surface area contributed by atoms with Gasteiger partial charge in [0, 0.05) is 12.1 Å². The smallest absolute Gasteiger partial charge is 0.268 e. The van der Waals surface area contributed by atoms with Gasteiger partial charge in [-0.3, -0.25) is 19.8 Å². The third-order valence-electron chi connectivity index (χ3n) is 3.36. The van der Waals surface area contributed by atoms with Crippen LogP contribution in [0.1, 0.15) is 5.56 Å². The molecule has 9 heteroatoms. The van der Waals surface area contributed by atoms with Gasteiger partial charge in [-0.1, -0.05) is 47.2 Å². The van der Waals surface area contributed by atoms with Crippen LogP contribution in [0.15, 0.2) is 47.4 Å². The van der Waals surface area contributed by atoms with Crippen LogP contribution in [-0.4, -0.2) is 15.2 Å². The van der Waals surface area contributed by atoms with E-state index in [-0.39, 0.29) is 11.6 Å². The van der Waals surface area contributed by atoms with Crippen LogP contribution >= 0.6 is 47.2 Å². The minimum absolute atomic E-state index is 0.0134. The lowest BCUT2D eigenvalue weighted by Gasteiger charge is -2.15. The van der Waals surface area contributed by atoms with E-state index < -0.39 is 4.92 Å². The number of hydrogen-bond donors (Lipinski definition) is 0. The summed E-state index contributed by atoms with van der Waals surface area (Å²) in [5.41, 5.74) is 1.18. The monoisotopic (exact) mass is 410 g/mol. The molecule has 0 aromatic heterocycles. The van der Waals surface area contributed by atoms with Gasteiger partial charge < -0.3 is 0 Å². The number of halogens is 2. The Bertz CT molecular complexity index is 929. The van der Waals surface area contributed by atoms with E-state index >= 15 is 0 Å². The van der Waals surface area contributed by atoms with Gasteiger partial charge in [0.1, 0.15) is 0 Å². The van der Waals surface area contributed by atoms with Crippen molar-refractivity contribution >= 4 is 74.9 Å². The molecular formula is C16H8Cl2N2O3S2. The van der Waals surface area contributed by atoms with E-state index in [4.69, 9.17) is 35.4 Å². The van der Waals surface area contributed by atoms with Gasteiger partial charge in [-0.05, 0) is 42.0 Å². The Labute approximate surface area is 162 Å². The molecule has 0 radical (unpaired) electrons. The molecule has 1 heterocycles. The molecule has 2 aromatic rings. The molecule has 1 aliphatic heterocycles. The Morgan fingerprint density at radius 2 is 1.80 bits per heavy atom. The minimum atomic E-state index is -0.479. The second-order valence-electron chi connectivity index (χ2n) is 4.96. The maximum absolute atomic E-state index is 12.7. The average molecular weight is 411 g/mol. The summed E-state index contributed by atoms with van der Waals surface area (Å²) in [6, 6.07) is 10.7. The fourth-order valence-corrected chi connectivity index (χ4v) is 3.75.